The number of aryl methyl sites for hydroxylation is 1. The quantitative estimate of drug-likeness (QED) is 0.342. The molecule has 1 aromatic carbocycles. The van der Waals surface area contributed by atoms with Gasteiger partial charge in [-0.1, -0.05) is 0 Å². The average molecular weight is 331 g/mol. The molecule has 2 rings (SSSR count). The van der Waals surface area contributed by atoms with E-state index in [-0.39, 0.29) is 18.2 Å². The summed E-state index contributed by atoms with van der Waals surface area (Å²) < 4.78 is 1.64. The van der Waals surface area contributed by atoms with Crippen LogP contribution >= 0.6 is 0 Å². The fourth-order valence-corrected chi connectivity index (χ4v) is 1.87. The van der Waals surface area contributed by atoms with Crippen molar-refractivity contribution in [1.29, 1.82) is 0 Å². The predicted octanol–water partition coefficient (Wildman–Crippen LogP) is 0.215. The van der Waals surface area contributed by atoms with Gasteiger partial charge in [0.25, 0.3) is 0 Å². The number of aromatic hydroxyl groups is 1. The number of anilines is 1. The van der Waals surface area contributed by atoms with E-state index in [0.29, 0.717) is 24.7 Å². The van der Waals surface area contributed by atoms with Crippen LogP contribution in [0.4, 0.5) is 5.69 Å². The summed E-state index contributed by atoms with van der Waals surface area (Å²) in [5.74, 6) is 1.17. The minimum atomic E-state index is -0.218. The van der Waals surface area contributed by atoms with Crippen LogP contribution in [0.5, 0.6) is 5.75 Å². The van der Waals surface area contributed by atoms with Gasteiger partial charge in [-0.05, 0) is 31.2 Å². The maximum Gasteiger partial charge on any atom is 0.243 e. The monoisotopic (exact) mass is 331 g/mol. The number of aliphatic imine (C=N–C) groups is 1. The minimum absolute atomic E-state index is 0.0610. The van der Waals surface area contributed by atoms with Gasteiger partial charge < -0.3 is 21.1 Å². The summed E-state index contributed by atoms with van der Waals surface area (Å²) in [4.78, 5) is 20.4. The van der Waals surface area contributed by atoms with Gasteiger partial charge in [-0.15, -0.1) is 0 Å². The van der Waals surface area contributed by atoms with E-state index in [1.807, 2.05) is 6.92 Å². The summed E-state index contributed by atoms with van der Waals surface area (Å²) in [5, 5.41) is 21.9. The largest absolute Gasteiger partial charge is 0.508 e. The fourth-order valence-electron chi connectivity index (χ4n) is 1.87. The molecule has 24 heavy (non-hydrogen) atoms. The van der Waals surface area contributed by atoms with Crippen molar-refractivity contribution in [3.63, 3.8) is 0 Å². The normalized spacial score (nSPS) is 11.2. The molecule has 0 unspecified atom stereocenters. The molecule has 1 heterocycles. The van der Waals surface area contributed by atoms with Crippen molar-refractivity contribution in [1.82, 2.24) is 25.4 Å². The molecule has 1 aromatic heterocycles. The van der Waals surface area contributed by atoms with Gasteiger partial charge in [0.1, 0.15) is 24.4 Å². The van der Waals surface area contributed by atoms with E-state index in [9.17, 15) is 9.90 Å². The smallest absolute Gasteiger partial charge is 0.243 e. The summed E-state index contributed by atoms with van der Waals surface area (Å²) in [5.41, 5.74) is 0.612. The Labute approximate surface area is 139 Å². The highest BCUT2D eigenvalue weighted by atomic mass is 16.3. The van der Waals surface area contributed by atoms with E-state index < -0.39 is 0 Å². The highest BCUT2D eigenvalue weighted by Gasteiger charge is 2.05. The van der Waals surface area contributed by atoms with Crippen LogP contribution < -0.4 is 16.0 Å². The first-order valence-electron chi connectivity index (χ1n) is 7.52. The van der Waals surface area contributed by atoms with E-state index in [4.69, 9.17) is 0 Å². The van der Waals surface area contributed by atoms with Crippen molar-refractivity contribution in [3.8, 4) is 5.75 Å². The molecule has 0 atom stereocenters. The number of benzene rings is 1. The first-order valence-corrected chi connectivity index (χ1v) is 7.52. The van der Waals surface area contributed by atoms with Crippen molar-refractivity contribution in [2.75, 3.05) is 18.4 Å². The molecule has 0 fully saturated rings. The second-order valence-electron chi connectivity index (χ2n) is 4.94. The lowest BCUT2D eigenvalue weighted by atomic mass is 10.3. The van der Waals surface area contributed by atoms with Crippen LogP contribution in [0.1, 0.15) is 12.7 Å². The Morgan fingerprint density at radius 1 is 1.29 bits per heavy atom. The summed E-state index contributed by atoms with van der Waals surface area (Å²) in [7, 11) is 1.79. The lowest BCUT2D eigenvalue weighted by molar-refractivity contribution is -0.115. The number of hydrogen-bond donors (Lipinski definition) is 4. The average Bonchev–Trinajstić information content (AvgIpc) is 2.97. The number of phenolic OH excluding ortho intramolecular Hbond substituents is 1. The van der Waals surface area contributed by atoms with Crippen LogP contribution in [0.25, 0.3) is 0 Å². The van der Waals surface area contributed by atoms with Crippen LogP contribution in [-0.4, -0.2) is 44.8 Å². The van der Waals surface area contributed by atoms with E-state index in [1.165, 1.54) is 18.5 Å². The highest BCUT2D eigenvalue weighted by Crippen LogP contribution is 2.13. The summed E-state index contributed by atoms with van der Waals surface area (Å²) in [6, 6.07) is 6.27. The van der Waals surface area contributed by atoms with Crippen molar-refractivity contribution >= 4 is 17.6 Å². The molecule has 0 radical (unpaired) electrons. The van der Waals surface area contributed by atoms with E-state index >= 15 is 0 Å². The molecule has 0 saturated heterocycles. The number of amides is 1. The van der Waals surface area contributed by atoms with Gasteiger partial charge in [-0.25, -0.2) is 9.98 Å². The van der Waals surface area contributed by atoms with Gasteiger partial charge in [0.15, 0.2) is 5.96 Å². The van der Waals surface area contributed by atoms with Crippen LogP contribution in [0.15, 0.2) is 35.6 Å². The Morgan fingerprint density at radius 3 is 2.67 bits per heavy atom. The standard InChI is InChI=1S/C15H21N7O2/c1-3-16-15(17-8-13-19-10-20-22(13)2)18-9-14(24)21-11-4-6-12(23)7-5-11/h4-7,10,23H,3,8-9H2,1-2H3,(H,21,24)(H2,16,17,18). The van der Waals surface area contributed by atoms with Gasteiger partial charge in [0.2, 0.25) is 5.91 Å². The summed E-state index contributed by atoms with van der Waals surface area (Å²) in [6.45, 7) is 3.03. The number of rotatable bonds is 6. The number of carbonyl (C=O) groups excluding carboxylic acids is 1. The second kappa shape index (κ2) is 8.51. The molecular weight excluding hydrogens is 310 g/mol. The number of nitrogens with zero attached hydrogens (tertiary/aromatic N) is 4. The summed E-state index contributed by atoms with van der Waals surface area (Å²) in [6.07, 6.45) is 1.47. The Bertz CT molecular complexity index is 694. The maximum absolute atomic E-state index is 11.9. The van der Waals surface area contributed by atoms with Gasteiger partial charge in [0, 0.05) is 19.3 Å². The van der Waals surface area contributed by atoms with Gasteiger partial charge >= 0.3 is 0 Å². The van der Waals surface area contributed by atoms with Crippen molar-refractivity contribution in [3.05, 3.63) is 36.4 Å². The Morgan fingerprint density at radius 2 is 2.04 bits per heavy atom. The first kappa shape index (κ1) is 17.3. The van der Waals surface area contributed by atoms with Crippen LogP contribution in [0, 0.1) is 0 Å². The number of nitrogens with one attached hydrogen (secondary N) is 3. The van der Waals surface area contributed by atoms with Crippen LogP contribution in [0.2, 0.25) is 0 Å². The number of guanidine groups is 1. The van der Waals surface area contributed by atoms with Crippen molar-refractivity contribution < 1.29 is 9.90 Å². The van der Waals surface area contributed by atoms with E-state index in [1.54, 1.807) is 23.9 Å². The molecule has 2 aromatic rings. The molecule has 0 saturated carbocycles. The third kappa shape index (κ3) is 5.27. The van der Waals surface area contributed by atoms with Gasteiger partial charge in [-0.3, -0.25) is 9.48 Å². The number of hydrogen-bond acceptors (Lipinski definition) is 5. The van der Waals surface area contributed by atoms with Crippen LogP contribution in [-0.2, 0) is 18.4 Å². The molecule has 9 nitrogen and oxygen atoms in total. The van der Waals surface area contributed by atoms with E-state index in [0.717, 1.165) is 5.82 Å². The Balaban J connectivity index is 1.87. The molecule has 1 amide bonds. The molecule has 9 heteroatoms. The highest BCUT2D eigenvalue weighted by molar-refractivity contribution is 5.95. The number of phenols is 1. The SMILES string of the molecule is CCNC(=NCc1ncnn1C)NCC(=O)Nc1ccc(O)cc1. The number of aromatic nitrogens is 3. The van der Waals surface area contributed by atoms with Crippen LogP contribution in [0.3, 0.4) is 0 Å². The van der Waals surface area contributed by atoms with Crippen molar-refractivity contribution in [2.45, 2.75) is 13.5 Å². The molecule has 0 aliphatic carbocycles. The second-order valence-corrected chi connectivity index (χ2v) is 4.94. The van der Waals surface area contributed by atoms with Crippen molar-refractivity contribution in [2.24, 2.45) is 12.0 Å². The van der Waals surface area contributed by atoms with Gasteiger partial charge in [-0.2, -0.15) is 5.10 Å². The predicted molar refractivity (Wildman–Crippen MR) is 90.6 cm³/mol. The zero-order valence-electron chi connectivity index (χ0n) is 13.7. The molecule has 128 valence electrons. The molecular formula is C15H21N7O2. The minimum Gasteiger partial charge on any atom is -0.508 e. The third-order valence-electron chi connectivity index (χ3n) is 3.10. The molecule has 0 aliphatic rings. The lowest BCUT2D eigenvalue weighted by Crippen LogP contribution is -2.41. The Kier molecular flexibility index (Phi) is 6.12. The fraction of sp³-hybridized carbons (Fsp3) is 0.333. The topological polar surface area (TPSA) is 116 Å². The Hall–Kier alpha value is -3.10. The molecule has 0 aliphatic heterocycles. The zero-order chi connectivity index (χ0) is 17.4. The molecule has 0 bridgehead atoms. The summed E-state index contributed by atoms with van der Waals surface area (Å²) >= 11 is 0. The van der Waals surface area contributed by atoms with E-state index in [2.05, 4.69) is 31.0 Å². The number of carbonyl (C=O) groups is 1. The first-order chi connectivity index (χ1) is 11.6. The molecule has 4 N–H and O–H groups in total. The van der Waals surface area contributed by atoms with Gasteiger partial charge in [0.05, 0.1) is 6.54 Å². The third-order valence-corrected chi connectivity index (χ3v) is 3.10. The molecule has 0 spiro atoms. The zero-order valence-corrected chi connectivity index (χ0v) is 13.7. The lowest BCUT2D eigenvalue weighted by Gasteiger charge is -2.11. The maximum atomic E-state index is 11.9.